The molecule has 2 heterocycles. The van der Waals surface area contributed by atoms with Crippen LogP contribution >= 0.6 is 0 Å². The van der Waals surface area contributed by atoms with Crippen LogP contribution in [0.25, 0.3) is 0 Å². The molecule has 2 aromatic rings. The average molecular weight is 397 g/mol. The van der Waals surface area contributed by atoms with Gasteiger partial charge in [-0.05, 0) is 31.0 Å². The van der Waals surface area contributed by atoms with Crippen LogP contribution in [0.15, 0.2) is 27.5 Å². The maximum atomic E-state index is 14.2. The monoisotopic (exact) mass is 397 g/mol. The van der Waals surface area contributed by atoms with E-state index in [2.05, 4.69) is 10.2 Å². The molecule has 0 bridgehead atoms. The third-order valence-electron chi connectivity index (χ3n) is 4.24. The number of rotatable bonds is 6. The Morgan fingerprint density at radius 2 is 1.93 bits per heavy atom. The third kappa shape index (κ3) is 4.33. The van der Waals surface area contributed by atoms with E-state index >= 15 is 0 Å². The summed E-state index contributed by atoms with van der Waals surface area (Å²) in [6.07, 6.45) is 2.95. The second-order valence-corrected chi connectivity index (χ2v) is 8.04. The smallest absolute Gasteiger partial charge is 0.338 e. The van der Waals surface area contributed by atoms with Gasteiger partial charge in [-0.15, -0.1) is 10.2 Å². The van der Waals surface area contributed by atoms with E-state index < -0.39 is 26.7 Å². The van der Waals surface area contributed by atoms with Crippen LogP contribution in [0.2, 0.25) is 0 Å². The minimum atomic E-state index is -4.01. The zero-order valence-corrected chi connectivity index (χ0v) is 15.7. The number of aryl methyl sites for hydroxylation is 1. The standard InChI is InChI=1S/C17H20FN3O5S/c1-2-15-19-20-16(26-15)11-25-17(22)12-6-7-13(18)14(10-12)27(23,24)21-8-4-3-5-9-21/h6-7,10H,2-5,8-9,11H2,1H3. The number of benzene rings is 1. The predicted molar refractivity (Wildman–Crippen MR) is 91.8 cm³/mol. The van der Waals surface area contributed by atoms with Crippen LogP contribution in [0.5, 0.6) is 0 Å². The first-order chi connectivity index (χ1) is 12.9. The summed E-state index contributed by atoms with van der Waals surface area (Å²) in [6.45, 7) is 2.27. The van der Waals surface area contributed by atoms with Gasteiger partial charge in [-0.25, -0.2) is 17.6 Å². The second-order valence-electron chi connectivity index (χ2n) is 6.13. The topological polar surface area (TPSA) is 103 Å². The number of sulfonamides is 1. The first kappa shape index (κ1) is 19.4. The molecule has 0 spiro atoms. The van der Waals surface area contributed by atoms with E-state index in [-0.39, 0.29) is 18.1 Å². The Kier molecular flexibility index (Phi) is 5.85. The molecule has 3 rings (SSSR count). The normalized spacial score (nSPS) is 15.6. The Morgan fingerprint density at radius 3 is 2.59 bits per heavy atom. The zero-order chi connectivity index (χ0) is 19.4. The number of aromatic nitrogens is 2. The largest absolute Gasteiger partial charge is 0.452 e. The fraction of sp³-hybridized carbons (Fsp3) is 0.471. The summed E-state index contributed by atoms with van der Waals surface area (Å²) >= 11 is 0. The van der Waals surface area contributed by atoms with Gasteiger partial charge in [0.15, 0.2) is 6.61 Å². The van der Waals surface area contributed by atoms with Crippen molar-refractivity contribution in [1.82, 2.24) is 14.5 Å². The minimum absolute atomic E-state index is 0.0674. The Hall–Kier alpha value is -2.33. The molecular formula is C17H20FN3O5S. The van der Waals surface area contributed by atoms with E-state index in [0.29, 0.717) is 25.4 Å². The molecule has 0 radical (unpaired) electrons. The molecule has 10 heteroatoms. The van der Waals surface area contributed by atoms with Crippen molar-refractivity contribution in [2.24, 2.45) is 0 Å². The van der Waals surface area contributed by atoms with Crippen LogP contribution in [-0.2, 0) is 27.8 Å². The summed E-state index contributed by atoms with van der Waals surface area (Å²) in [5, 5.41) is 7.48. The maximum absolute atomic E-state index is 14.2. The highest BCUT2D eigenvalue weighted by Crippen LogP contribution is 2.24. The van der Waals surface area contributed by atoms with Gasteiger partial charge in [0.2, 0.25) is 15.9 Å². The van der Waals surface area contributed by atoms with Crippen LogP contribution in [0.3, 0.4) is 0 Å². The molecule has 1 aromatic heterocycles. The second kappa shape index (κ2) is 8.13. The van der Waals surface area contributed by atoms with E-state index in [4.69, 9.17) is 9.15 Å². The van der Waals surface area contributed by atoms with Gasteiger partial charge in [0, 0.05) is 19.5 Å². The molecule has 0 N–H and O–H groups in total. The first-order valence-corrected chi connectivity index (χ1v) is 10.1. The van der Waals surface area contributed by atoms with Crippen LogP contribution in [0.1, 0.15) is 48.3 Å². The summed E-state index contributed by atoms with van der Waals surface area (Å²) in [5.74, 6) is -1.16. The first-order valence-electron chi connectivity index (χ1n) is 8.70. The van der Waals surface area contributed by atoms with Crippen LogP contribution in [0.4, 0.5) is 4.39 Å². The molecule has 1 aliphatic heterocycles. The van der Waals surface area contributed by atoms with Crippen molar-refractivity contribution >= 4 is 16.0 Å². The Balaban J connectivity index is 1.76. The highest BCUT2D eigenvalue weighted by Gasteiger charge is 2.29. The molecule has 1 aliphatic rings. The van der Waals surface area contributed by atoms with Crippen LogP contribution in [-0.4, -0.2) is 42.0 Å². The van der Waals surface area contributed by atoms with Gasteiger partial charge in [-0.2, -0.15) is 4.31 Å². The number of hydrogen-bond acceptors (Lipinski definition) is 7. The quantitative estimate of drug-likeness (QED) is 0.689. The van der Waals surface area contributed by atoms with Gasteiger partial charge in [0.1, 0.15) is 10.7 Å². The number of ether oxygens (including phenoxy) is 1. The molecule has 1 aromatic carbocycles. The van der Waals surface area contributed by atoms with E-state index in [1.165, 1.54) is 10.4 Å². The number of piperidine rings is 1. The van der Waals surface area contributed by atoms with Crippen molar-refractivity contribution in [2.45, 2.75) is 44.1 Å². The molecule has 8 nitrogen and oxygen atoms in total. The van der Waals surface area contributed by atoms with Crippen molar-refractivity contribution in [3.63, 3.8) is 0 Å². The lowest BCUT2D eigenvalue weighted by Crippen LogP contribution is -2.36. The highest BCUT2D eigenvalue weighted by molar-refractivity contribution is 7.89. The lowest BCUT2D eigenvalue weighted by molar-refractivity contribution is 0.0436. The zero-order valence-electron chi connectivity index (χ0n) is 14.9. The molecule has 1 saturated heterocycles. The fourth-order valence-electron chi connectivity index (χ4n) is 2.77. The number of hydrogen-bond donors (Lipinski definition) is 0. The molecule has 27 heavy (non-hydrogen) atoms. The molecular weight excluding hydrogens is 377 g/mol. The predicted octanol–water partition coefficient (Wildman–Crippen LogP) is 2.30. The summed E-state index contributed by atoms with van der Waals surface area (Å²) in [6, 6.07) is 3.14. The molecule has 146 valence electrons. The average Bonchev–Trinajstić information content (AvgIpc) is 3.15. The molecule has 1 fully saturated rings. The van der Waals surface area contributed by atoms with Gasteiger partial charge in [-0.3, -0.25) is 0 Å². The van der Waals surface area contributed by atoms with Crippen molar-refractivity contribution in [3.05, 3.63) is 41.4 Å². The van der Waals surface area contributed by atoms with Crippen molar-refractivity contribution in [2.75, 3.05) is 13.1 Å². The SMILES string of the molecule is CCc1nnc(COC(=O)c2ccc(F)c(S(=O)(=O)N3CCCCC3)c2)o1. The third-order valence-corrected chi connectivity index (χ3v) is 6.15. The van der Waals surface area contributed by atoms with E-state index in [1.807, 2.05) is 6.92 Å². The molecule has 0 saturated carbocycles. The van der Waals surface area contributed by atoms with E-state index in [9.17, 15) is 17.6 Å². The number of carbonyl (C=O) groups excluding carboxylic acids is 1. The highest BCUT2D eigenvalue weighted by atomic mass is 32.2. The fourth-order valence-corrected chi connectivity index (χ4v) is 4.38. The number of carbonyl (C=O) groups is 1. The Morgan fingerprint density at radius 1 is 1.22 bits per heavy atom. The van der Waals surface area contributed by atoms with Gasteiger partial charge in [-0.1, -0.05) is 13.3 Å². The molecule has 0 atom stereocenters. The van der Waals surface area contributed by atoms with Crippen LogP contribution < -0.4 is 0 Å². The lowest BCUT2D eigenvalue weighted by atomic mass is 10.2. The summed E-state index contributed by atoms with van der Waals surface area (Å²) < 4.78 is 51.1. The van der Waals surface area contributed by atoms with Crippen LogP contribution in [0, 0.1) is 5.82 Å². The summed E-state index contributed by atoms with van der Waals surface area (Å²) in [7, 11) is -4.01. The van der Waals surface area contributed by atoms with E-state index in [0.717, 1.165) is 31.4 Å². The van der Waals surface area contributed by atoms with Crippen molar-refractivity contribution in [3.8, 4) is 0 Å². The molecule has 0 amide bonds. The van der Waals surface area contributed by atoms with Crippen molar-refractivity contribution in [1.29, 1.82) is 0 Å². The lowest BCUT2D eigenvalue weighted by Gasteiger charge is -2.26. The number of esters is 1. The summed E-state index contributed by atoms with van der Waals surface area (Å²) in [5.41, 5.74) is -0.0674. The number of halogens is 1. The van der Waals surface area contributed by atoms with Crippen molar-refractivity contribution < 1.29 is 26.8 Å². The molecule has 0 unspecified atom stereocenters. The Labute approximate surface area is 156 Å². The Bertz CT molecular complexity index is 922. The van der Waals surface area contributed by atoms with Gasteiger partial charge < -0.3 is 9.15 Å². The van der Waals surface area contributed by atoms with Gasteiger partial charge in [0.05, 0.1) is 5.56 Å². The maximum Gasteiger partial charge on any atom is 0.338 e. The minimum Gasteiger partial charge on any atom is -0.452 e. The number of nitrogens with zero attached hydrogens (tertiary/aromatic N) is 3. The molecule has 0 aliphatic carbocycles. The summed E-state index contributed by atoms with van der Waals surface area (Å²) in [4.78, 5) is 11.7. The van der Waals surface area contributed by atoms with Gasteiger partial charge in [0.25, 0.3) is 5.89 Å². The van der Waals surface area contributed by atoms with E-state index in [1.54, 1.807) is 0 Å². The van der Waals surface area contributed by atoms with Gasteiger partial charge >= 0.3 is 5.97 Å².